The number of anilines is 1. The summed E-state index contributed by atoms with van der Waals surface area (Å²) in [7, 11) is 1.65. The highest BCUT2D eigenvalue weighted by Gasteiger charge is 2.40. The number of ether oxygens (including phenoxy) is 2. The van der Waals surface area contributed by atoms with Crippen LogP contribution in [0.2, 0.25) is 0 Å². The second-order valence-electron chi connectivity index (χ2n) is 10.3. The number of rotatable bonds is 6. The van der Waals surface area contributed by atoms with Gasteiger partial charge in [0.2, 0.25) is 0 Å². The maximum absolute atomic E-state index is 13.9. The van der Waals surface area contributed by atoms with Crippen LogP contribution in [0.4, 0.5) is 5.69 Å². The number of hydrogen-bond acceptors (Lipinski definition) is 6. The SMILES string of the molecule is COc1cc(-c2cn(C3CCc4ccccc4N(CC4(C)COC4)C3=O)nn2)ccc1-n1cnc(C)c1. The summed E-state index contributed by atoms with van der Waals surface area (Å²) < 4.78 is 14.8. The van der Waals surface area contributed by atoms with Gasteiger partial charge in [0, 0.05) is 29.4 Å². The molecule has 0 saturated carbocycles. The van der Waals surface area contributed by atoms with E-state index in [-0.39, 0.29) is 11.3 Å². The molecule has 1 atom stereocenters. The Balaban J connectivity index is 1.31. The Morgan fingerprint density at radius 1 is 1.14 bits per heavy atom. The molecule has 37 heavy (non-hydrogen) atoms. The van der Waals surface area contributed by atoms with Crippen molar-refractivity contribution in [2.75, 3.05) is 31.8 Å². The molecular weight excluding hydrogens is 468 g/mol. The number of nitrogens with zero attached hydrogens (tertiary/aromatic N) is 6. The number of carbonyl (C=O) groups excluding carboxylic acids is 1. The van der Waals surface area contributed by atoms with E-state index in [1.54, 1.807) is 18.1 Å². The minimum absolute atomic E-state index is 0.0398. The summed E-state index contributed by atoms with van der Waals surface area (Å²) in [5.41, 5.74) is 5.49. The fraction of sp³-hybridized carbons (Fsp3) is 0.357. The van der Waals surface area contributed by atoms with Gasteiger partial charge in [0.05, 0.1) is 44.2 Å². The molecule has 4 aromatic rings. The van der Waals surface area contributed by atoms with Crippen molar-refractivity contribution in [2.24, 2.45) is 5.41 Å². The molecule has 9 nitrogen and oxygen atoms in total. The van der Waals surface area contributed by atoms with Crippen molar-refractivity contribution >= 4 is 11.6 Å². The van der Waals surface area contributed by atoms with Crippen LogP contribution in [0.15, 0.2) is 61.2 Å². The molecule has 6 rings (SSSR count). The molecule has 0 radical (unpaired) electrons. The number of amides is 1. The summed E-state index contributed by atoms with van der Waals surface area (Å²) in [4.78, 5) is 20.2. The van der Waals surface area contributed by atoms with Crippen LogP contribution in [0.5, 0.6) is 5.75 Å². The maximum atomic E-state index is 13.9. The van der Waals surface area contributed by atoms with E-state index in [2.05, 4.69) is 28.3 Å². The molecule has 1 amide bonds. The van der Waals surface area contributed by atoms with Gasteiger partial charge in [-0.05, 0) is 43.5 Å². The van der Waals surface area contributed by atoms with Crippen LogP contribution in [0.3, 0.4) is 0 Å². The smallest absolute Gasteiger partial charge is 0.251 e. The van der Waals surface area contributed by atoms with Gasteiger partial charge in [-0.15, -0.1) is 5.10 Å². The number of benzene rings is 2. The summed E-state index contributed by atoms with van der Waals surface area (Å²) in [5.74, 6) is 0.741. The lowest BCUT2D eigenvalue weighted by Crippen LogP contribution is -2.51. The monoisotopic (exact) mass is 498 g/mol. The number of carbonyl (C=O) groups is 1. The Kier molecular flexibility index (Phi) is 5.79. The minimum Gasteiger partial charge on any atom is -0.495 e. The quantitative estimate of drug-likeness (QED) is 0.399. The van der Waals surface area contributed by atoms with E-state index < -0.39 is 6.04 Å². The average molecular weight is 499 g/mol. The predicted octanol–water partition coefficient (Wildman–Crippen LogP) is 4.00. The molecule has 2 aromatic carbocycles. The van der Waals surface area contributed by atoms with Crippen LogP contribution in [0.1, 0.15) is 30.6 Å². The second-order valence-corrected chi connectivity index (χ2v) is 10.3. The third-order valence-electron chi connectivity index (χ3n) is 7.26. The van der Waals surface area contributed by atoms with E-state index in [4.69, 9.17) is 9.47 Å². The first-order valence-corrected chi connectivity index (χ1v) is 12.5. The summed E-state index contributed by atoms with van der Waals surface area (Å²) in [6.07, 6.45) is 7.02. The maximum Gasteiger partial charge on any atom is 0.251 e. The summed E-state index contributed by atoms with van der Waals surface area (Å²) in [6.45, 7) is 6.06. The highest BCUT2D eigenvalue weighted by atomic mass is 16.5. The lowest BCUT2D eigenvalue weighted by molar-refractivity contribution is -0.125. The van der Waals surface area contributed by atoms with Crippen LogP contribution < -0.4 is 9.64 Å². The van der Waals surface area contributed by atoms with Gasteiger partial charge < -0.3 is 18.9 Å². The van der Waals surface area contributed by atoms with Gasteiger partial charge in [-0.1, -0.05) is 36.4 Å². The molecule has 0 N–H and O–H groups in total. The first-order valence-electron chi connectivity index (χ1n) is 12.5. The largest absolute Gasteiger partial charge is 0.495 e. The predicted molar refractivity (Wildman–Crippen MR) is 139 cm³/mol. The first kappa shape index (κ1) is 23.4. The van der Waals surface area contributed by atoms with Gasteiger partial charge in [0.25, 0.3) is 5.91 Å². The number of hydrogen-bond donors (Lipinski definition) is 0. The van der Waals surface area contributed by atoms with E-state index in [1.165, 1.54) is 5.56 Å². The summed E-state index contributed by atoms with van der Waals surface area (Å²) >= 11 is 0. The highest BCUT2D eigenvalue weighted by molar-refractivity contribution is 5.97. The molecule has 1 fully saturated rings. The Morgan fingerprint density at radius 2 is 1.97 bits per heavy atom. The molecule has 9 heteroatoms. The topological polar surface area (TPSA) is 87.3 Å². The van der Waals surface area contributed by atoms with E-state index in [0.29, 0.717) is 37.6 Å². The van der Waals surface area contributed by atoms with Gasteiger partial charge in [0.1, 0.15) is 17.5 Å². The van der Waals surface area contributed by atoms with E-state index in [0.717, 1.165) is 29.1 Å². The minimum atomic E-state index is -0.437. The van der Waals surface area contributed by atoms with Crippen LogP contribution >= 0.6 is 0 Å². The van der Waals surface area contributed by atoms with Crippen molar-refractivity contribution in [3.05, 3.63) is 72.4 Å². The lowest BCUT2D eigenvalue weighted by atomic mass is 9.87. The zero-order valence-corrected chi connectivity index (χ0v) is 21.3. The number of fused-ring (bicyclic) bond motifs is 1. The Morgan fingerprint density at radius 3 is 2.70 bits per heavy atom. The lowest BCUT2D eigenvalue weighted by Gasteiger charge is -2.42. The molecule has 1 saturated heterocycles. The number of imidazole rings is 1. The molecule has 4 heterocycles. The van der Waals surface area contributed by atoms with Gasteiger partial charge >= 0.3 is 0 Å². The molecule has 0 aliphatic carbocycles. The third-order valence-corrected chi connectivity index (χ3v) is 7.26. The van der Waals surface area contributed by atoms with Gasteiger partial charge in [-0.25, -0.2) is 9.67 Å². The van der Waals surface area contributed by atoms with Crippen molar-refractivity contribution < 1.29 is 14.3 Å². The third kappa shape index (κ3) is 4.29. The molecule has 2 aromatic heterocycles. The normalized spacial score (nSPS) is 18.7. The molecule has 2 aliphatic rings. The van der Waals surface area contributed by atoms with E-state index in [1.807, 2.05) is 65.2 Å². The van der Waals surface area contributed by atoms with Crippen molar-refractivity contribution in [1.82, 2.24) is 24.5 Å². The number of aryl methyl sites for hydroxylation is 2. The second kappa shape index (κ2) is 9.15. The fourth-order valence-corrected chi connectivity index (χ4v) is 5.20. The van der Waals surface area contributed by atoms with Gasteiger partial charge in [-0.2, -0.15) is 0 Å². The van der Waals surface area contributed by atoms with Gasteiger partial charge in [-0.3, -0.25) is 4.79 Å². The zero-order valence-electron chi connectivity index (χ0n) is 21.3. The number of aromatic nitrogens is 5. The fourth-order valence-electron chi connectivity index (χ4n) is 5.20. The molecule has 190 valence electrons. The number of para-hydroxylation sites is 1. The highest BCUT2D eigenvalue weighted by Crippen LogP contribution is 2.36. The molecule has 2 aliphatic heterocycles. The summed E-state index contributed by atoms with van der Waals surface area (Å²) in [6, 6.07) is 13.6. The van der Waals surface area contributed by atoms with Crippen LogP contribution in [-0.2, 0) is 16.0 Å². The average Bonchev–Trinajstić information content (AvgIpc) is 3.53. The number of methoxy groups -OCH3 is 1. The van der Waals surface area contributed by atoms with Crippen LogP contribution in [0.25, 0.3) is 16.9 Å². The Labute approximate surface area is 215 Å². The summed E-state index contributed by atoms with van der Waals surface area (Å²) in [5, 5.41) is 8.85. The molecular formula is C28H30N6O3. The first-order chi connectivity index (χ1) is 17.9. The van der Waals surface area contributed by atoms with Crippen LogP contribution in [0, 0.1) is 12.3 Å². The van der Waals surface area contributed by atoms with Crippen molar-refractivity contribution in [1.29, 1.82) is 0 Å². The molecule has 0 spiro atoms. The standard InChI is InChI=1S/C28H30N6O3/c1-19-13-32(18-29-19)24-10-9-21(12-26(24)36-3)22-14-34(31-30-22)25-11-8-20-6-4-5-7-23(20)33(27(25)35)15-28(2)16-37-17-28/h4-7,9-10,12-14,18,25H,8,11,15-17H2,1-3H3. The van der Waals surface area contributed by atoms with Crippen molar-refractivity contribution in [3.8, 4) is 22.7 Å². The van der Waals surface area contributed by atoms with Crippen molar-refractivity contribution in [3.63, 3.8) is 0 Å². The van der Waals surface area contributed by atoms with Crippen LogP contribution in [-0.4, -0.2) is 57.3 Å². The Hall–Kier alpha value is -3.98. The van der Waals surface area contributed by atoms with Gasteiger partial charge in [0.15, 0.2) is 0 Å². The van der Waals surface area contributed by atoms with Crippen molar-refractivity contribution in [2.45, 2.75) is 32.7 Å². The molecule has 0 bridgehead atoms. The zero-order chi connectivity index (χ0) is 25.6. The molecule has 1 unspecified atom stereocenters. The van der Waals surface area contributed by atoms with E-state index >= 15 is 0 Å². The Bertz CT molecular complexity index is 1450. The van der Waals surface area contributed by atoms with E-state index in [9.17, 15) is 4.79 Å².